The molecule has 0 aliphatic rings. The van der Waals surface area contributed by atoms with Gasteiger partial charge in [0.1, 0.15) is 6.04 Å². The fourth-order valence-corrected chi connectivity index (χ4v) is 1.35. The first-order chi connectivity index (χ1) is 8.33. The van der Waals surface area contributed by atoms with E-state index in [0.717, 1.165) is 0 Å². The summed E-state index contributed by atoms with van der Waals surface area (Å²) in [5, 5.41) is 10.6. The molecule has 0 spiro atoms. The topological polar surface area (TPSA) is 78.9 Å². The smallest absolute Gasteiger partial charge is 0.368 e. The Labute approximate surface area is 101 Å². The highest BCUT2D eigenvalue weighted by atomic mass is 19.4. The van der Waals surface area contributed by atoms with Gasteiger partial charge in [-0.3, -0.25) is 10.1 Å². The molecule has 18 heavy (non-hydrogen) atoms. The lowest BCUT2D eigenvalue weighted by atomic mass is 10.0. The van der Waals surface area contributed by atoms with E-state index in [-0.39, 0.29) is 5.56 Å². The summed E-state index contributed by atoms with van der Waals surface area (Å²) in [4.78, 5) is 11.1. The summed E-state index contributed by atoms with van der Waals surface area (Å²) in [5.41, 5.74) is 5.66. The van der Waals surface area contributed by atoms with Gasteiger partial charge in [0.25, 0.3) is 0 Å². The molecule has 1 unspecified atom stereocenters. The highest BCUT2D eigenvalue weighted by molar-refractivity contribution is 5.81. The second-order valence-corrected chi connectivity index (χ2v) is 3.57. The first-order valence-electron chi connectivity index (χ1n) is 4.93. The Morgan fingerprint density at radius 3 is 2.33 bits per heavy atom. The highest BCUT2D eigenvalue weighted by Gasteiger charge is 2.29. The van der Waals surface area contributed by atoms with Crippen LogP contribution in [0.3, 0.4) is 0 Å². The monoisotopic (exact) mass is 257 g/mol. The van der Waals surface area contributed by atoms with Gasteiger partial charge in [0.2, 0.25) is 5.91 Å². The first-order valence-corrected chi connectivity index (χ1v) is 4.93. The maximum absolute atomic E-state index is 12.1. The van der Waals surface area contributed by atoms with Crippen molar-refractivity contribution in [3.8, 4) is 6.07 Å². The Balaban J connectivity index is 2.85. The summed E-state index contributed by atoms with van der Waals surface area (Å²) < 4.78 is 36.2. The predicted octanol–water partition coefficient (Wildman–Crippen LogP) is 1.24. The van der Waals surface area contributed by atoms with Crippen molar-refractivity contribution < 1.29 is 18.0 Å². The SMILES string of the molecule is N#Cc1ccc(C(NCC(F)(F)F)C(N)=O)cc1. The Morgan fingerprint density at radius 2 is 1.94 bits per heavy atom. The minimum atomic E-state index is -4.43. The molecule has 1 aromatic carbocycles. The number of nitrogens with one attached hydrogen (secondary N) is 1. The fraction of sp³-hybridized carbons (Fsp3) is 0.273. The van der Waals surface area contributed by atoms with E-state index in [1.54, 1.807) is 0 Å². The Hall–Kier alpha value is -2.07. The van der Waals surface area contributed by atoms with Crippen LogP contribution in [0.15, 0.2) is 24.3 Å². The number of rotatable bonds is 4. The number of amides is 1. The quantitative estimate of drug-likeness (QED) is 0.851. The number of carbonyl (C=O) groups excluding carboxylic acids is 1. The summed E-state index contributed by atoms with van der Waals surface area (Å²) in [7, 11) is 0. The number of nitrogens with two attached hydrogens (primary N) is 1. The van der Waals surface area contributed by atoms with Crippen LogP contribution in [0.1, 0.15) is 17.2 Å². The molecule has 0 aromatic heterocycles. The molecule has 0 fully saturated rings. The van der Waals surface area contributed by atoms with Crippen LogP contribution in [-0.4, -0.2) is 18.6 Å². The number of primary amides is 1. The number of alkyl halides is 3. The van der Waals surface area contributed by atoms with E-state index < -0.39 is 24.7 Å². The number of nitriles is 1. The van der Waals surface area contributed by atoms with Gasteiger partial charge in [-0.05, 0) is 17.7 Å². The van der Waals surface area contributed by atoms with Crippen molar-refractivity contribution in [3.05, 3.63) is 35.4 Å². The zero-order chi connectivity index (χ0) is 13.8. The molecule has 7 heteroatoms. The van der Waals surface area contributed by atoms with Gasteiger partial charge in [-0.25, -0.2) is 0 Å². The van der Waals surface area contributed by atoms with Gasteiger partial charge in [0, 0.05) is 0 Å². The van der Waals surface area contributed by atoms with Gasteiger partial charge in [0.05, 0.1) is 18.2 Å². The number of nitrogens with zero attached hydrogens (tertiary/aromatic N) is 1. The van der Waals surface area contributed by atoms with Crippen molar-refractivity contribution in [2.75, 3.05) is 6.54 Å². The third-order valence-corrected chi connectivity index (χ3v) is 2.16. The van der Waals surface area contributed by atoms with E-state index >= 15 is 0 Å². The summed E-state index contributed by atoms with van der Waals surface area (Å²) in [6.07, 6.45) is -4.43. The predicted molar refractivity (Wildman–Crippen MR) is 57.2 cm³/mol. The number of carbonyl (C=O) groups is 1. The Morgan fingerprint density at radius 1 is 1.39 bits per heavy atom. The highest BCUT2D eigenvalue weighted by Crippen LogP contribution is 2.17. The van der Waals surface area contributed by atoms with Crippen LogP contribution in [0, 0.1) is 11.3 Å². The van der Waals surface area contributed by atoms with Gasteiger partial charge in [-0.15, -0.1) is 0 Å². The van der Waals surface area contributed by atoms with Crippen molar-refractivity contribution in [2.45, 2.75) is 12.2 Å². The van der Waals surface area contributed by atoms with Crippen LogP contribution in [0.4, 0.5) is 13.2 Å². The van der Waals surface area contributed by atoms with E-state index in [9.17, 15) is 18.0 Å². The molecule has 1 rings (SSSR count). The van der Waals surface area contributed by atoms with E-state index in [1.807, 2.05) is 11.4 Å². The average Bonchev–Trinajstić information content (AvgIpc) is 2.28. The second-order valence-electron chi connectivity index (χ2n) is 3.57. The first kappa shape index (κ1) is 14.0. The van der Waals surface area contributed by atoms with Gasteiger partial charge < -0.3 is 5.73 Å². The molecule has 96 valence electrons. The van der Waals surface area contributed by atoms with Crippen LogP contribution >= 0.6 is 0 Å². The van der Waals surface area contributed by atoms with Crippen LogP contribution in [0.25, 0.3) is 0 Å². The maximum atomic E-state index is 12.1. The summed E-state index contributed by atoms with van der Waals surface area (Å²) in [6, 6.07) is 6.20. The van der Waals surface area contributed by atoms with E-state index in [2.05, 4.69) is 0 Å². The number of benzene rings is 1. The molecule has 0 saturated heterocycles. The van der Waals surface area contributed by atoms with Crippen molar-refractivity contribution >= 4 is 5.91 Å². The molecule has 1 atom stereocenters. The molecular weight excluding hydrogens is 247 g/mol. The number of hydrogen-bond acceptors (Lipinski definition) is 3. The molecule has 0 heterocycles. The Bertz CT molecular complexity index is 462. The van der Waals surface area contributed by atoms with Crippen LogP contribution in [0.5, 0.6) is 0 Å². The molecule has 3 N–H and O–H groups in total. The fourth-order valence-electron chi connectivity index (χ4n) is 1.35. The molecule has 0 radical (unpaired) electrons. The maximum Gasteiger partial charge on any atom is 0.401 e. The molecule has 0 aliphatic heterocycles. The second kappa shape index (κ2) is 5.51. The zero-order valence-corrected chi connectivity index (χ0v) is 9.16. The summed E-state index contributed by atoms with van der Waals surface area (Å²) in [6.45, 7) is -1.32. The van der Waals surface area contributed by atoms with Gasteiger partial charge in [-0.2, -0.15) is 18.4 Å². The van der Waals surface area contributed by atoms with Crippen LogP contribution in [0.2, 0.25) is 0 Å². The molecule has 0 bridgehead atoms. The van der Waals surface area contributed by atoms with Crippen molar-refractivity contribution in [3.63, 3.8) is 0 Å². The normalized spacial score (nSPS) is 12.8. The van der Waals surface area contributed by atoms with Crippen LogP contribution in [-0.2, 0) is 4.79 Å². The standard InChI is InChI=1S/C11H10F3N3O/c12-11(13,14)6-17-9(10(16)18)8-3-1-7(5-15)2-4-8/h1-4,9,17H,6H2,(H2,16,18). The van der Waals surface area contributed by atoms with Crippen molar-refractivity contribution in [2.24, 2.45) is 5.73 Å². The third-order valence-electron chi connectivity index (χ3n) is 2.16. The molecule has 1 aromatic rings. The molecule has 1 amide bonds. The molecular formula is C11H10F3N3O. The van der Waals surface area contributed by atoms with Gasteiger partial charge in [-0.1, -0.05) is 12.1 Å². The minimum absolute atomic E-state index is 0.283. The van der Waals surface area contributed by atoms with Crippen molar-refractivity contribution in [1.82, 2.24) is 5.32 Å². The zero-order valence-electron chi connectivity index (χ0n) is 9.16. The number of halogens is 3. The Kier molecular flexibility index (Phi) is 4.28. The summed E-state index contributed by atoms with van der Waals surface area (Å²) >= 11 is 0. The van der Waals surface area contributed by atoms with Gasteiger partial charge in [0.15, 0.2) is 0 Å². The lowest BCUT2D eigenvalue weighted by molar-refractivity contribution is -0.130. The van der Waals surface area contributed by atoms with Crippen LogP contribution < -0.4 is 11.1 Å². The minimum Gasteiger partial charge on any atom is -0.368 e. The largest absolute Gasteiger partial charge is 0.401 e. The van der Waals surface area contributed by atoms with Crippen molar-refractivity contribution in [1.29, 1.82) is 5.26 Å². The van der Waals surface area contributed by atoms with E-state index in [4.69, 9.17) is 11.0 Å². The van der Waals surface area contributed by atoms with E-state index in [0.29, 0.717) is 5.56 Å². The van der Waals surface area contributed by atoms with E-state index in [1.165, 1.54) is 24.3 Å². The molecule has 4 nitrogen and oxygen atoms in total. The van der Waals surface area contributed by atoms with Gasteiger partial charge >= 0.3 is 6.18 Å². The third kappa shape index (κ3) is 4.07. The average molecular weight is 257 g/mol. The lowest BCUT2D eigenvalue weighted by Crippen LogP contribution is -2.38. The number of hydrogen-bond donors (Lipinski definition) is 2. The molecule has 0 saturated carbocycles. The molecule has 0 aliphatic carbocycles. The lowest BCUT2D eigenvalue weighted by Gasteiger charge is -2.17. The summed E-state index contributed by atoms with van der Waals surface area (Å²) in [5.74, 6) is -0.913.